The van der Waals surface area contributed by atoms with Gasteiger partial charge in [0.1, 0.15) is 4.92 Å². The molecule has 0 spiro atoms. The van der Waals surface area contributed by atoms with Gasteiger partial charge in [0.05, 0.1) is 6.07 Å². The second-order valence-electron chi connectivity index (χ2n) is 4.31. The molecule has 18 heavy (non-hydrogen) atoms. The summed E-state index contributed by atoms with van der Waals surface area (Å²) in [7, 11) is 0. The molecular weight excluding hydrogens is 240 g/mol. The SMILES string of the molecule is O=C(c1ccc([N+](=O)[O-])o1)N1CCC(CCO)C1. The van der Waals surface area contributed by atoms with E-state index < -0.39 is 10.8 Å². The Kier molecular flexibility index (Phi) is 3.61. The van der Waals surface area contributed by atoms with E-state index in [9.17, 15) is 14.9 Å². The van der Waals surface area contributed by atoms with Gasteiger partial charge in [-0.25, -0.2) is 0 Å². The van der Waals surface area contributed by atoms with Crippen molar-refractivity contribution in [3.8, 4) is 0 Å². The average Bonchev–Trinajstić information content (AvgIpc) is 2.97. The van der Waals surface area contributed by atoms with Gasteiger partial charge in [-0.3, -0.25) is 14.9 Å². The molecule has 1 aliphatic heterocycles. The summed E-state index contributed by atoms with van der Waals surface area (Å²) in [5.41, 5.74) is 0. The van der Waals surface area contributed by atoms with E-state index in [0.29, 0.717) is 25.4 Å². The third-order valence-corrected chi connectivity index (χ3v) is 3.09. The molecule has 1 N–H and O–H groups in total. The summed E-state index contributed by atoms with van der Waals surface area (Å²) in [6, 6.07) is 2.49. The number of likely N-dealkylation sites (tertiary alicyclic amines) is 1. The largest absolute Gasteiger partial charge is 0.433 e. The lowest BCUT2D eigenvalue weighted by molar-refractivity contribution is -0.402. The van der Waals surface area contributed by atoms with Crippen LogP contribution in [0.25, 0.3) is 0 Å². The summed E-state index contributed by atoms with van der Waals surface area (Å²) in [5, 5.41) is 19.3. The Hall–Kier alpha value is -1.89. The fraction of sp³-hybridized carbons (Fsp3) is 0.545. The molecule has 1 saturated heterocycles. The van der Waals surface area contributed by atoms with Crippen LogP contribution < -0.4 is 0 Å². The van der Waals surface area contributed by atoms with Crippen LogP contribution in [0.1, 0.15) is 23.4 Å². The number of hydrogen-bond acceptors (Lipinski definition) is 5. The van der Waals surface area contributed by atoms with E-state index >= 15 is 0 Å². The third-order valence-electron chi connectivity index (χ3n) is 3.09. The number of nitrogens with zero attached hydrogens (tertiary/aromatic N) is 2. The van der Waals surface area contributed by atoms with E-state index in [1.54, 1.807) is 4.90 Å². The van der Waals surface area contributed by atoms with Crippen molar-refractivity contribution in [2.75, 3.05) is 19.7 Å². The number of aliphatic hydroxyl groups is 1. The average molecular weight is 254 g/mol. The smallest absolute Gasteiger partial charge is 0.396 e. The lowest BCUT2D eigenvalue weighted by atomic mass is 10.1. The van der Waals surface area contributed by atoms with E-state index in [1.165, 1.54) is 12.1 Å². The van der Waals surface area contributed by atoms with Gasteiger partial charge in [-0.1, -0.05) is 0 Å². The van der Waals surface area contributed by atoms with Crippen molar-refractivity contribution in [2.24, 2.45) is 5.92 Å². The Morgan fingerprint density at radius 2 is 2.39 bits per heavy atom. The van der Waals surface area contributed by atoms with Crippen LogP contribution >= 0.6 is 0 Å². The van der Waals surface area contributed by atoms with Gasteiger partial charge in [-0.05, 0) is 24.8 Å². The van der Waals surface area contributed by atoms with E-state index in [1.807, 2.05) is 0 Å². The molecule has 0 aromatic carbocycles. The highest BCUT2D eigenvalue weighted by Gasteiger charge is 2.29. The molecule has 98 valence electrons. The Balaban J connectivity index is 2.01. The second kappa shape index (κ2) is 5.18. The molecular formula is C11H14N2O5. The minimum atomic E-state index is -0.671. The number of rotatable bonds is 4. The van der Waals surface area contributed by atoms with Crippen molar-refractivity contribution in [3.63, 3.8) is 0 Å². The standard InChI is InChI=1S/C11H14N2O5/c14-6-4-8-3-5-12(7-8)11(15)9-1-2-10(18-9)13(16)17/h1-2,8,14H,3-7H2. The zero-order valence-electron chi connectivity index (χ0n) is 9.74. The normalized spacial score (nSPS) is 19.2. The van der Waals surface area contributed by atoms with E-state index in [4.69, 9.17) is 9.52 Å². The van der Waals surface area contributed by atoms with Gasteiger partial charge < -0.3 is 14.4 Å². The predicted octanol–water partition coefficient (Wildman–Crippen LogP) is 1.03. The number of nitro groups is 1. The van der Waals surface area contributed by atoms with Crippen LogP contribution in [0, 0.1) is 16.0 Å². The lowest BCUT2D eigenvalue weighted by Gasteiger charge is -2.14. The van der Waals surface area contributed by atoms with Crippen molar-refractivity contribution < 1.29 is 19.2 Å². The number of amides is 1. The molecule has 1 fully saturated rings. The van der Waals surface area contributed by atoms with Crippen molar-refractivity contribution in [2.45, 2.75) is 12.8 Å². The van der Waals surface area contributed by atoms with Crippen molar-refractivity contribution in [3.05, 3.63) is 28.0 Å². The monoisotopic (exact) mass is 254 g/mol. The molecule has 1 aromatic rings. The van der Waals surface area contributed by atoms with Gasteiger partial charge in [0.15, 0.2) is 5.76 Å². The second-order valence-corrected chi connectivity index (χ2v) is 4.31. The molecule has 2 heterocycles. The molecule has 1 unspecified atom stereocenters. The Labute approximate surface area is 103 Å². The maximum atomic E-state index is 12.0. The summed E-state index contributed by atoms with van der Waals surface area (Å²) in [5.74, 6) is -0.469. The van der Waals surface area contributed by atoms with Crippen LogP contribution in [0.2, 0.25) is 0 Å². The number of carbonyl (C=O) groups is 1. The number of hydrogen-bond donors (Lipinski definition) is 1. The molecule has 0 saturated carbocycles. The van der Waals surface area contributed by atoms with Crippen LogP contribution in [0.5, 0.6) is 0 Å². The first kappa shape index (κ1) is 12.6. The maximum absolute atomic E-state index is 12.0. The number of carbonyl (C=O) groups excluding carboxylic acids is 1. The topological polar surface area (TPSA) is 96.8 Å². The van der Waals surface area contributed by atoms with Crippen LogP contribution in [0.4, 0.5) is 5.88 Å². The highest BCUT2D eigenvalue weighted by atomic mass is 16.6. The zero-order valence-corrected chi connectivity index (χ0v) is 9.74. The van der Waals surface area contributed by atoms with Gasteiger partial charge in [0, 0.05) is 19.7 Å². The van der Waals surface area contributed by atoms with Crippen LogP contribution in [0.3, 0.4) is 0 Å². The summed E-state index contributed by atoms with van der Waals surface area (Å²) >= 11 is 0. The molecule has 1 atom stereocenters. The first-order chi connectivity index (χ1) is 8.61. The molecule has 7 nitrogen and oxygen atoms in total. The number of furan rings is 1. The van der Waals surface area contributed by atoms with Crippen molar-refractivity contribution >= 4 is 11.8 Å². The molecule has 1 aromatic heterocycles. The van der Waals surface area contributed by atoms with Crippen LogP contribution in [-0.4, -0.2) is 40.5 Å². The Morgan fingerprint density at radius 1 is 1.61 bits per heavy atom. The van der Waals surface area contributed by atoms with Gasteiger partial charge >= 0.3 is 5.88 Å². The molecule has 7 heteroatoms. The van der Waals surface area contributed by atoms with Gasteiger partial charge in [0.25, 0.3) is 5.91 Å². The van der Waals surface area contributed by atoms with Gasteiger partial charge in [-0.2, -0.15) is 0 Å². The molecule has 2 rings (SSSR count). The van der Waals surface area contributed by atoms with Gasteiger partial charge in [0.2, 0.25) is 0 Å². The first-order valence-corrected chi connectivity index (χ1v) is 5.76. The van der Waals surface area contributed by atoms with E-state index in [-0.39, 0.29) is 18.3 Å². The molecule has 0 aliphatic carbocycles. The highest BCUT2D eigenvalue weighted by Crippen LogP contribution is 2.23. The third kappa shape index (κ3) is 2.51. The summed E-state index contributed by atoms with van der Waals surface area (Å²) in [6.07, 6.45) is 1.51. The quantitative estimate of drug-likeness (QED) is 0.639. The fourth-order valence-electron chi connectivity index (χ4n) is 2.13. The Morgan fingerprint density at radius 3 is 3.00 bits per heavy atom. The van der Waals surface area contributed by atoms with Gasteiger partial charge in [-0.15, -0.1) is 0 Å². The van der Waals surface area contributed by atoms with E-state index in [0.717, 1.165) is 6.42 Å². The summed E-state index contributed by atoms with van der Waals surface area (Å²) in [6.45, 7) is 1.27. The molecule has 1 amide bonds. The van der Waals surface area contributed by atoms with Crippen molar-refractivity contribution in [1.29, 1.82) is 0 Å². The first-order valence-electron chi connectivity index (χ1n) is 5.76. The fourth-order valence-corrected chi connectivity index (χ4v) is 2.13. The van der Waals surface area contributed by atoms with Crippen molar-refractivity contribution in [1.82, 2.24) is 4.90 Å². The molecule has 0 bridgehead atoms. The molecule has 0 radical (unpaired) electrons. The zero-order chi connectivity index (χ0) is 13.1. The Bertz CT molecular complexity index is 456. The van der Waals surface area contributed by atoms with Crippen LogP contribution in [0.15, 0.2) is 16.5 Å². The minimum Gasteiger partial charge on any atom is -0.396 e. The predicted molar refractivity (Wildman–Crippen MR) is 61.1 cm³/mol. The van der Waals surface area contributed by atoms with E-state index in [2.05, 4.69) is 0 Å². The van der Waals surface area contributed by atoms with Crippen LogP contribution in [-0.2, 0) is 0 Å². The highest BCUT2D eigenvalue weighted by molar-refractivity contribution is 5.91. The summed E-state index contributed by atoms with van der Waals surface area (Å²) in [4.78, 5) is 23.4. The maximum Gasteiger partial charge on any atom is 0.433 e. The number of aliphatic hydroxyl groups excluding tert-OH is 1. The summed E-state index contributed by atoms with van der Waals surface area (Å²) < 4.78 is 4.87. The lowest BCUT2D eigenvalue weighted by Crippen LogP contribution is -2.28. The minimum absolute atomic E-state index is 0.00801. The molecule has 1 aliphatic rings.